The molecular weight excluding hydrogens is 336 g/mol. The van der Waals surface area contributed by atoms with Gasteiger partial charge in [0.2, 0.25) is 5.91 Å². The molecule has 0 saturated carbocycles. The molecular formula is C23H36N2O2. The molecule has 4 nitrogen and oxygen atoms in total. The summed E-state index contributed by atoms with van der Waals surface area (Å²) in [6, 6.07) is 7.98. The number of hydrogen-bond acceptors (Lipinski definition) is 3. The van der Waals surface area contributed by atoms with E-state index in [9.17, 15) is 4.79 Å². The fourth-order valence-electron chi connectivity index (χ4n) is 4.34. The van der Waals surface area contributed by atoms with E-state index in [-0.39, 0.29) is 12.0 Å². The lowest BCUT2D eigenvalue weighted by Crippen LogP contribution is -2.45. The van der Waals surface area contributed by atoms with Crippen LogP contribution in [0.5, 0.6) is 5.75 Å². The molecule has 0 aliphatic carbocycles. The van der Waals surface area contributed by atoms with Gasteiger partial charge in [-0.1, -0.05) is 19.1 Å². The van der Waals surface area contributed by atoms with Gasteiger partial charge < -0.3 is 14.5 Å². The fourth-order valence-corrected chi connectivity index (χ4v) is 4.34. The van der Waals surface area contributed by atoms with Crippen molar-refractivity contribution in [2.24, 2.45) is 11.8 Å². The first-order valence-electron chi connectivity index (χ1n) is 10.8. The molecule has 3 rings (SSSR count). The van der Waals surface area contributed by atoms with E-state index < -0.39 is 0 Å². The zero-order valence-corrected chi connectivity index (χ0v) is 17.3. The molecule has 0 spiro atoms. The molecule has 1 unspecified atom stereocenters. The number of piperidine rings is 2. The van der Waals surface area contributed by atoms with Crippen molar-refractivity contribution in [2.75, 3.05) is 32.7 Å². The lowest BCUT2D eigenvalue weighted by Gasteiger charge is -2.38. The standard InChI is InChI=1S/C23H36N2O2/c1-18(2)27-22-8-4-6-20(14-22)15-23(26)25-11-5-7-21(17-25)16-24-12-9-19(3)10-13-24/h4,6,8,14,18-19,21H,5,7,9-13,15-17H2,1-3H3. The van der Waals surface area contributed by atoms with Gasteiger partial charge in [0.25, 0.3) is 0 Å². The van der Waals surface area contributed by atoms with Crippen molar-refractivity contribution in [3.63, 3.8) is 0 Å². The highest BCUT2D eigenvalue weighted by Crippen LogP contribution is 2.23. The second kappa shape index (κ2) is 9.59. The van der Waals surface area contributed by atoms with Crippen LogP contribution in [0.25, 0.3) is 0 Å². The number of nitrogens with zero attached hydrogens (tertiary/aromatic N) is 2. The van der Waals surface area contributed by atoms with Gasteiger partial charge >= 0.3 is 0 Å². The quantitative estimate of drug-likeness (QED) is 0.757. The van der Waals surface area contributed by atoms with Crippen molar-refractivity contribution in [3.05, 3.63) is 29.8 Å². The number of rotatable bonds is 6. The van der Waals surface area contributed by atoms with Crippen molar-refractivity contribution >= 4 is 5.91 Å². The Balaban J connectivity index is 1.51. The minimum atomic E-state index is 0.150. The molecule has 2 heterocycles. The van der Waals surface area contributed by atoms with E-state index >= 15 is 0 Å². The Morgan fingerprint density at radius 3 is 2.70 bits per heavy atom. The summed E-state index contributed by atoms with van der Waals surface area (Å²) in [4.78, 5) is 17.6. The summed E-state index contributed by atoms with van der Waals surface area (Å²) < 4.78 is 5.76. The zero-order chi connectivity index (χ0) is 19.2. The van der Waals surface area contributed by atoms with Crippen molar-refractivity contribution in [3.8, 4) is 5.75 Å². The molecule has 0 bridgehead atoms. The minimum absolute atomic E-state index is 0.150. The number of carbonyl (C=O) groups is 1. The molecule has 0 radical (unpaired) electrons. The second-order valence-electron chi connectivity index (χ2n) is 8.82. The normalized spacial score (nSPS) is 22.2. The molecule has 0 N–H and O–H groups in total. The van der Waals surface area contributed by atoms with Gasteiger partial charge in [0.05, 0.1) is 12.5 Å². The summed E-state index contributed by atoms with van der Waals surface area (Å²) >= 11 is 0. The molecule has 1 aromatic rings. The Kier molecular flexibility index (Phi) is 7.17. The molecule has 2 fully saturated rings. The first kappa shape index (κ1) is 20.2. The monoisotopic (exact) mass is 372 g/mol. The van der Waals surface area contributed by atoms with Gasteiger partial charge in [-0.2, -0.15) is 0 Å². The summed E-state index contributed by atoms with van der Waals surface area (Å²) in [5.74, 6) is 2.62. The van der Waals surface area contributed by atoms with Gasteiger partial charge in [0.15, 0.2) is 0 Å². The highest BCUT2D eigenvalue weighted by molar-refractivity contribution is 5.79. The first-order valence-corrected chi connectivity index (χ1v) is 10.8. The maximum absolute atomic E-state index is 12.9. The van der Waals surface area contributed by atoms with Crippen LogP contribution in [0.4, 0.5) is 0 Å². The molecule has 2 aliphatic heterocycles. The molecule has 0 aromatic heterocycles. The van der Waals surface area contributed by atoms with E-state index in [1.807, 2.05) is 38.1 Å². The van der Waals surface area contributed by atoms with Crippen LogP contribution < -0.4 is 4.74 Å². The van der Waals surface area contributed by atoms with Crippen LogP contribution in [0.15, 0.2) is 24.3 Å². The van der Waals surface area contributed by atoms with Crippen molar-refractivity contribution < 1.29 is 9.53 Å². The van der Waals surface area contributed by atoms with Gasteiger partial charge in [-0.15, -0.1) is 0 Å². The second-order valence-corrected chi connectivity index (χ2v) is 8.82. The maximum atomic E-state index is 12.9. The Morgan fingerprint density at radius 2 is 1.96 bits per heavy atom. The van der Waals surface area contributed by atoms with E-state index in [0.717, 1.165) is 43.3 Å². The topological polar surface area (TPSA) is 32.8 Å². The van der Waals surface area contributed by atoms with Gasteiger partial charge in [-0.25, -0.2) is 0 Å². The molecule has 150 valence electrons. The van der Waals surface area contributed by atoms with E-state index in [1.54, 1.807) is 0 Å². The van der Waals surface area contributed by atoms with Crippen LogP contribution in [0.1, 0.15) is 52.0 Å². The van der Waals surface area contributed by atoms with Crippen molar-refractivity contribution in [1.29, 1.82) is 0 Å². The van der Waals surface area contributed by atoms with Crippen LogP contribution in [0.2, 0.25) is 0 Å². The fraction of sp³-hybridized carbons (Fsp3) is 0.696. The summed E-state index contributed by atoms with van der Waals surface area (Å²) in [5.41, 5.74) is 1.05. The van der Waals surface area contributed by atoms with Crippen LogP contribution in [-0.4, -0.2) is 54.5 Å². The summed E-state index contributed by atoms with van der Waals surface area (Å²) in [7, 11) is 0. The number of ether oxygens (including phenoxy) is 1. The van der Waals surface area contributed by atoms with E-state index in [2.05, 4.69) is 16.7 Å². The maximum Gasteiger partial charge on any atom is 0.227 e. The highest BCUT2D eigenvalue weighted by Gasteiger charge is 2.26. The summed E-state index contributed by atoms with van der Waals surface area (Å²) in [6.07, 6.45) is 5.67. The summed E-state index contributed by atoms with van der Waals surface area (Å²) in [6.45, 7) is 11.9. The molecule has 4 heteroatoms. The third-order valence-electron chi connectivity index (χ3n) is 5.89. The van der Waals surface area contributed by atoms with E-state index in [0.29, 0.717) is 12.3 Å². The Hall–Kier alpha value is -1.55. The Labute approximate surface area is 164 Å². The van der Waals surface area contributed by atoms with E-state index in [4.69, 9.17) is 4.74 Å². The van der Waals surface area contributed by atoms with E-state index in [1.165, 1.54) is 32.4 Å². The van der Waals surface area contributed by atoms with Gasteiger partial charge in [0, 0.05) is 19.6 Å². The number of likely N-dealkylation sites (tertiary alicyclic amines) is 2. The number of carbonyl (C=O) groups excluding carboxylic acids is 1. The predicted octanol–water partition coefficient (Wildman–Crippen LogP) is 3.99. The van der Waals surface area contributed by atoms with Gasteiger partial charge in [-0.05, 0) is 82.2 Å². The molecule has 2 aliphatic rings. The third-order valence-corrected chi connectivity index (χ3v) is 5.89. The van der Waals surface area contributed by atoms with Crippen LogP contribution in [0, 0.1) is 11.8 Å². The molecule has 1 aromatic carbocycles. The van der Waals surface area contributed by atoms with Gasteiger partial charge in [-0.3, -0.25) is 4.79 Å². The highest BCUT2D eigenvalue weighted by atomic mass is 16.5. The smallest absolute Gasteiger partial charge is 0.227 e. The molecule has 27 heavy (non-hydrogen) atoms. The number of benzene rings is 1. The average molecular weight is 373 g/mol. The lowest BCUT2D eigenvalue weighted by atomic mass is 9.94. The number of amides is 1. The van der Waals surface area contributed by atoms with Gasteiger partial charge in [0.1, 0.15) is 5.75 Å². The summed E-state index contributed by atoms with van der Waals surface area (Å²) in [5, 5.41) is 0. The largest absolute Gasteiger partial charge is 0.491 e. The molecule has 2 saturated heterocycles. The van der Waals surface area contributed by atoms with Crippen LogP contribution >= 0.6 is 0 Å². The minimum Gasteiger partial charge on any atom is -0.491 e. The lowest BCUT2D eigenvalue weighted by molar-refractivity contribution is -0.132. The average Bonchev–Trinajstić information content (AvgIpc) is 2.64. The Morgan fingerprint density at radius 1 is 1.19 bits per heavy atom. The number of hydrogen-bond donors (Lipinski definition) is 0. The van der Waals surface area contributed by atoms with Crippen molar-refractivity contribution in [1.82, 2.24) is 9.80 Å². The Bertz CT molecular complexity index is 608. The molecule has 1 atom stereocenters. The molecule has 1 amide bonds. The third kappa shape index (κ3) is 6.24. The SMILES string of the molecule is CC1CCN(CC2CCCN(C(=O)Cc3cccc(OC(C)C)c3)C2)CC1. The first-order chi connectivity index (χ1) is 13.0. The van der Waals surface area contributed by atoms with Crippen molar-refractivity contribution in [2.45, 2.75) is 59.0 Å². The zero-order valence-electron chi connectivity index (χ0n) is 17.3. The van der Waals surface area contributed by atoms with Crippen LogP contribution in [0.3, 0.4) is 0 Å². The predicted molar refractivity (Wildman–Crippen MR) is 110 cm³/mol. The van der Waals surface area contributed by atoms with Crippen LogP contribution in [-0.2, 0) is 11.2 Å².